The number of carboxylic acid groups (broad SMARTS) is 6. The second-order valence-electron chi connectivity index (χ2n) is 35.1. The number of carbonyl (C=O) groups is 6. The number of aliphatic hydroxyl groups is 4. The first-order valence-corrected chi connectivity index (χ1v) is 44.1. The van der Waals surface area contributed by atoms with Crippen molar-refractivity contribution in [2.45, 2.75) is 238 Å². The number of carboxylic acids is 6. The van der Waals surface area contributed by atoms with Crippen LogP contribution < -0.4 is 0 Å². The van der Waals surface area contributed by atoms with Gasteiger partial charge in [0.2, 0.25) is 0 Å². The maximum absolute atomic E-state index is 12.2. The highest BCUT2D eigenvalue weighted by atomic mass is 16.5. The second kappa shape index (κ2) is 37.5. The number of hydrogen-bond acceptors (Lipinski definition) is 17. The third-order valence-corrected chi connectivity index (χ3v) is 26.3. The smallest absolute Gasteiger partial charge is 0.303 e. The van der Waals surface area contributed by atoms with Crippen molar-refractivity contribution in [3.63, 3.8) is 0 Å². The molecule has 6 aliphatic rings. The summed E-state index contributed by atoms with van der Waals surface area (Å²) >= 11 is 0. The van der Waals surface area contributed by atoms with Crippen LogP contribution in [0.15, 0.2) is 72.8 Å². The van der Waals surface area contributed by atoms with E-state index in [1.807, 2.05) is 170 Å². The maximum Gasteiger partial charge on any atom is 0.303 e. The largest absolute Gasteiger partial charge is 0.481 e. The Hall–Kier alpha value is -13.6. The molecule has 9 aromatic heterocycles. The number of rotatable bonds is 26. The first-order valence-electron chi connectivity index (χ1n) is 44.1. The Labute approximate surface area is 755 Å². The van der Waals surface area contributed by atoms with Crippen molar-refractivity contribution in [3.8, 4) is 0 Å². The lowest BCUT2D eigenvalue weighted by atomic mass is 9.99. The molecule has 0 spiro atoms. The van der Waals surface area contributed by atoms with Gasteiger partial charge in [0.15, 0.2) is 0 Å². The van der Waals surface area contributed by atoms with Crippen LogP contribution >= 0.6 is 0 Å². The highest BCUT2D eigenvalue weighted by Crippen LogP contribution is 2.45. The van der Waals surface area contributed by atoms with Gasteiger partial charge in [-0.3, -0.25) is 28.8 Å². The Morgan fingerprint density at radius 2 is 0.466 bits per heavy atom. The monoisotopic (exact) mass is 1780 g/mol. The summed E-state index contributed by atoms with van der Waals surface area (Å²) in [5.74, 6) is -5.64. The number of aryl methyl sites for hydroxylation is 9. The molecule has 0 fully saturated rings. The molecule has 682 valence electrons. The molecular formula is C102H112N12O17. The van der Waals surface area contributed by atoms with Crippen LogP contribution in [0.1, 0.15) is 294 Å². The minimum absolute atomic E-state index is 0.0628. The van der Waals surface area contributed by atoms with Gasteiger partial charge in [0.1, 0.15) is 0 Å². The number of ether oxygens (including phenoxy) is 1. The number of nitrogens with zero attached hydrogens (tertiary/aromatic N) is 6. The third-order valence-electron chi connectivity index (χ3n) is 26.3. The molecule has 0 aliphatic carbocycles. The van der Waals surface area contributed by atoms with Gasteiger partial charge in [-0.2, -0.15) is 0 Å². The molecule has 6 unspecified atom stereocenters. The van der Waals surface area contributed by atoms with Crippen molar-refractivity contribution in [3.05, 3.63) is 208 Å². The predicted octanol–water partition coefficient (Wildman–Crippen LogP) is 19.4. The highest BCUT2D eigenvalue weighted by Gasteiger charge is 2.32. The standard InChI is InChI=1S/C68H74N8O11.C34H38N4O6/c1-29-41(13-17-61(79)80)53-28-56-44(16-20-64(85)86)32(4)48(72-56)24-59-68(36(8)52(76-59)25-58-65(37(9)77)33(5)49(73-58)21-45(29)69-53)40(12)87-39(11)67-35(7)50-22-46-30(2)42(14-18-62(81)82)54(70-46)27-55-43(15-19-63(83)84)31(3)47(71-55)23-57-66(38(10)78)34(6)51(74-57)26-60(67)75-50;1-15-21(7-9-31(41)42)27-14-28-22(8-10-32(43)44)16(2)24(36-28)12-29-34(20(6)40)18(4)26(38-29)13-30-33(19(5)39)17(3)25(37-30)11-23(15)35-27/h21-28,37-40,71-73,75,77-78H,13-20H2,1-12H3,(H,79,80)(H,81,82)(H,83,84)(H,85,86);11-14,19-20,35,38-40H,7-10H2,1-6H3,(H,41,42)(H,43,44). The molecule has 24 bridgehead atoms. The molecule has 131 heavy (non-hydrogen) atoms. The summed E-state index contributed by atoms with van der Waals surface area (Å²) < 4.78 is 7.26. The average Bonchev–Trinajstić information content (AvgIpc) is 1.61. The van der Waals surface area contributed by atoms with Gasteiger partial charge in [0, 0.05) is 138 Å². The Morgan fingerprint density at radius 1 is 0.252 bits per heavy atom. The van der Waals surface area contributed by atoms with Crippen LogP contribution in [0.4, 0.5) is 0 Å². The van der Waals surface area contributed by atoms with E-state index in [1.54, 1.807) is 27.7 Å². The van der Waals surface area contributed by atoms with E-state index in [9.17, 15) is 79.8 Å². The zero-order valence-corrected chi connectivity index (χ0v) is 76.9. The highest BCUT2D eigenvalue weighted by molar-refractivity contribution is 6.01. The Kier molecular flexibility index (Phi) is 26.8. The van der Waals surface area contributed by atoms with Gasteiger partial charge >= 0.3 is 35.8 Å². The van der Waals surface area contributed by atoms with Gasteiger partial charge in [-0.25, -0.2) is 29.9 Å². The molecule has 15 heterocycles. The van der Waals surface area contributed by atoms with Crippen LogP contribution in [0.2, 0.25) is 0 Å². The first kappa shape index (κ1) is 93.6. The fourth-order valence-electron chi connectivity index (χ4n) is 19.4. The lowest BCUT2D eigenvalue weighted by molar-refractivity contribution is -0.138. The van der Waals surface area contributed by atoms with E-state index >= 15 is 0 Å². The van der Waals surface area contributed by atoms with Crippen LogP contribution in [0.3, 0.4) is 0 Å². The Bertz CT molecular complexity index is 7110. The van der Waals surface area contributed by atoms with Crippen molar-refractivity contribution < 1.29 is 84.6 Å². The number of aromatic nitrogens is 12. The molecular weight excluding hydrogens is 1670 g/mol. The van der Waals surface area contributed by atoms with Crippen molar-refractivity contribution in [2.24, 2.45) is 0 Å². The molecule has 0 amide bonds. The van der Waals surface area contributed by atoms with Crippen molar-refractivity contribution in [1.82, 2.24) is 59.8 Å². The SMILES string of the molecule is CC1=C(CCC(=O)O)c2cc3[nH]c(cc4nc(cc5[nH]c(cc1n2)c(C(C)O)c5C)C(C(C)O)=C4C)c(C)c3CCC(=O)O.CC1=C(CCC(=O)O)c2cc3[nH]c(cc4nc(cc5[nH]c(cc1n2)c(C)c5C(C)OC(C)C1=C(C)c2cc5[nH]c(cc6nc(cc7[nH]c(cc1n2)c(C)c7CCC(=O)O)C(CCC(=O)O)=C6C)c(C)c5C(C)O)C(C)=C4C(C)O)c(C)c3CCC(=O)O. The van der Waals surface area contributed by atoms with E-state index in [4.69, 9.17) is 34.6 Å². The summed E-state index contributed by atoms with van der Waals surface area (Å²) in [5.41, 5.74) is 34.2. The number of H-pyrrole nitrogens is 6. The van der Waals surface area contributed by atoms with Gasteiger partial charge in [-0.15, -0.1) is 0 Å². The summed E-state index contributed by atoms with van der Waals surface area (Å²) in [4.78, 5) is 123. The average molecular weight is 1780 g/mol. The molecule has 15 rings (SSSR count). The molecule has 29 nitrogen and oxygen atoms in total. The second-order valence-corrected chi connectivity index (χ2v) is 35.1. The number of hydrogen-bond donors (Lipinski definition) is 16. The van der Waals surface area contributed by atoms with Gasteiger partial charge in [-0.1, -0.05) is 0 Å². The zero-order valence-electron chi connectivity index (χ0n) is 76.9. The Morgan fingerprint density at radius 3 is 0.748 bits per heavy atom. The van der Waals surface area contributed by atoms with E-state index in [0.29, 0.717) is 146 Å². The minimum atomic E-state index is -0.958. The van der Waals surface area contributed by atoms with Crippen LogP contribution in [0.25, 0.3) is 133 Å². The summed E-state index contributed by atoms with van der Waals surface area (Å²) in [6.07, 6.45) is -3.88. The number of allylic oxidation sites excluding steroid dienone is 9. The molecule has 6 atom stereocenters. The van der Waals surface area contributed by atoms with Crippen LogP contribution in [0.5, 0.6) is 0 Å². The van der Waals surface area contributed by atoms with Gasteiger partial charge < -0.3 is 85.7 Å². The van der Waals surface area contributed by atoms with Crippen LogP contribution in [-0.4, -0.2) is 165 Å². The first-order chi connectivity index (χ1) is 61.9. The van der Waals surface area contributed by atoms with Crippen molar-refractivity contribution in [1.29, 1.82) is 0 Å². The fourth-order valence-corrected chi connectivity index (χ4v) is 19.4. The summed E-state index contributed by atoms with van der Waals surface area (Å²) in [7, 11) is 0. The molecule has 0 saturated heterocycles. The number of nitrogens with one attached hydrogen (secondary N) is 6. The van der Waals surface area contributed by atoms with E-state index < -0.39 is 72.4 Å². The van der Waals surface area contributed by atoms with Gasteiger partial charge in [0.05, 0.1) is 105 Å². The van der Waals surface area contributed by atoms with Gasteiger partial charge in [-0.05, 0) is 336 Å². The van der Waals surface area contributed by atoms with Gasteiger partial charge in [0.25, 0.3) is 0 Å². The van der Waals surface area contributed by atoms with E-state index in [1.165, 1.54) is 0 Å². The quantitative estimate of drug-likeness (QED) is 0.0239. The zero-order chi connectivity index (χ0) is 94.8. The number of fused-ring (bicyclic) bond motifs is 24. The summed E-state index contributed by atoms with van der Waals surface area (Å²) in [5, 5.41) is 103. The van der Waals surface area contributed by atoms with Crippen molar-refractivity contribution >= 4 is 169 Å². The summed E-state index contributed by atoms with van der Waals surface area (Å²) in [6, 6.07) is 22.8. The van der Waals surface area contributed by atoms with E-state index in [2.05, 4.69) is 29.9 Å². The molecule has 29 heteroatoms. The van der Waals surface area contributed by atoms with E-state index in [-0.39, 0.29) is 77.0 Å². The Balaban J connectivity index is 0.000000262. The lowest BCUT2D eigenvalue weighted by Crippen LogP contribution is -2.14. The third kappa shape index (κ3) is 18.8. The van der Waals surface area contributed by atoms with Crippen LogP contribution in [-0.2, 0) is 52.8 Å². The molecule has 6 aliphatic heterocycles. The number of aliphatic hydroxyl groups excluding tert-OH is 4. The van der Waals surface area contributed by atoms with E-state index in [0.717, 1.165) is 122 Å². The normalized spacial score (nSPS) is 14.9. The maximum atomic E-state index is 12.2. The predicted molar refractivity (Wildman–Crippen MR) is 508 cm³/mol. The van der Waals surface area contributed by atoms with Crippen molar-refractivity contribution in [2.75, 3.05) is 0 Å². The topological polar surface area (TPSA) is 486 Å². The lowest BCUT2D eigenvalue weighted by Gasteiger charge is -2.22. The summed E-state index contributed by atoms with van der Waals surface area (Å²) in [6.45, 7) is 34.0. The molecule has 0 radical (unpaired) electrons. The fraction of sp³-hybridized carbons (Fsp3) is 0.353. The molecule has 9 aromatic rings. The number of aliphatic carboxylic acids is 6. The van der Waals surface area contributed by atoms with Crippen LogP contribution in [0, 0.1) is 41.5 Å². The number of aromatic amines is 6. The molecule has 0 saturated carbocycles. The molecule has 16 N–H and O–H groups in total. The molecule has 0 aromatic carbocycles. The minimum Gasteiger partial charge on any atom is -0.481 e.